The summed E-state index contributed by atoms with van der Waals surface area (Å²) < 4.78 is 1.50. The van der Waals surface area contributed by atoms with Gasteiger partial charge in [-0.3, -0.25) is 0 Å². The Bertz CT molecular complexity index is 309. The zero-order chi connectivity index (χ0) is 13.5. The summed E-state index contributed by atoms with van der Waals surface area (Å²) in [5.41, 5.74) is 0. The molecule has 17 heavy (non-hydrogen) atoms. The van der Waals surface area contributed by atoms with E-state index in [1.165, 1.54) is 0 Å². The normalized spacial score (nSPS) is 12.1. The zero-order valence-electron chi connectivity index (χ0n) is 8.93. The van der Waals surface area contributed by atoms with Gasteiger partial charge in [0, 0.05) is 36.3 Å². The van der Waals surface area contributed by atoms with E-state index in [9.17, 15) is 9.59 Å². The number of carboxylic acids is 2. The van der Waals surface area contributed by atoms with Gasteiger partial charge in [0.25, 0.3) is 0 Å². The first-order valence-corrected chi connectivity index (χ1v) is 6.78. The van der Waals surface area contributed by atoms with Crippen LogP contribution in [0.15, 0.2) is 17.9 Å². The first-order valence-electron chi connectivity index (χ1n) is 3.61. The van der Waals surface area contributed by atoms with Crippen molar-refractivity contribution in [1.29, 1.82) is 0 Å². The van der Waals surface area contributed by atoms with E-state index in [1.807, 2.05) is 0 Å². The fourth-order valence-electron chi connectivity index (χ4n) is 0.295. The van der Waals surface area contributed by atoms with Crippen LogP contribution in [0.3, 0.4) is 0 Å². The van der Waals surface area contributed by atoms with Crippen molar-refractivity contribution < 1.29 is 47.1 Å². The Morgan fingerprint density at radius 2 is 0.941 bits per heavy atom. The van der Waals surface area contributed by atoms with E-state index < -0.39 is 11.9 Å². The van der Waals surface area contributed by atoms with Crippen molar-refractivity contribution in [3.8, 4) is 0 Å². The molecular weight excluding hydrogens is 592 g/mol. The minimum atomic E-state index is -0.959. The molecule has 0 unspecified atom stereocenters. The predicted molar refractivity (Wildman–Crippen MR) is 76.4 cm³/mol. The Kier molecular flexibility index (Phi) is 16.9. The van der Waals surface area contributed by atoms with Gasteiger partial charge in [0.2, 0.25) is 0 Å². The van der Waals surface area contributed by atoms with Gasteiger partial charge >= 0.3 is 11.9 Å². The van der Waals surface area contributed by atoms with Crippen molar-refractivity contribution in [2.24, 2.45) is 0 Å². The van der Waals surface area contributed by atoms with Gasteiger partial charge in [-0.05, 0) is 45.7 Å². The molecule has 0 amide bonds. The number of rotatable bonds is 2. The Morgan fingerprint density at radius 3 is 0.941 bits per heavy atom. The number of carbonyl (C=O) groups is 2. The molecule has 0 saturated heterocycles. The van der Waals surface area contributed by atoms with Gasteiger partial charge in [0.15, 0.2) is 0 Å². The summed E-state index contributed by atoms with van der Waals surface area (Å²) in [4.78, 5) is 20.0. The molecule has 4 nitrogen and oxygen atoms in total. The van der Waals surface area contributed by atoms with E-state index in [2.05, 4.69) is 63.7 Å². The average molecular weight is 600 g/mol. The van der Waals surface area contributed by atoms with E-state index in [-0.39, 0.29) is 36.3 Å². The van der Waals surface area contributed by atoms with E-state index in [4.69, 9.17) is 10.2 Å². The van der Waals surface area contributed by atoms with E-state index in [0.717, 1.165) is 0 Å². The Morgan fingerprint density at radius 1 is 0.765 bits per heavy atom. The van der Waals surface area contributed by atoms with Gasteiger partial charge in [-0.15, -0.1) is 0 Å². The fourth-order valence-corrected chi connectivity index (χ4v) is 0.634. The second kappa shape index (κ2) is 12.3. The molecule has 0 fully saturated rings. The third kappa shape index (κ3) is 13.5. The summed E-state index contributed by atoms with van der Waals surface area (Å²) in [5, 5.41) is 16.4. The molecule has 9 heteroatoms. The molecule has 0 saturated carbocycles. The van der Waals surface area contributed by atoms with Crippen LogP contribution in [0.5, 0.6) is 0 Å². The molecule has 0 aliphatic carbocycles. The van der Waals surface area contributed by atoms with Crippen LogP contribution in [0.25, 0.3) is 0 Å². The van der Waals surface area contributed by atoms with Gasteiger partial charge in [-0.1, -0.05) is 31.9 Å². The summed E-state index contributed by atoms with van der Waals surface area (Å²) in [6.45, 7) is 3.30. The van der Waals surface area contributed by atoms with Crippen LogP contribution < -0.4 is 0 Å². The minimum Gasteiger partial charge on any atom is -0.477 e. The first kappa shape index (κ1) is 23.4. The quantitative estimate of drug-likeness (QED) is 0.369. The van der Waals surface area contributed by atoms with E-state index >= 15 is 0 Å². The molecule has 0 aromatic carbocycles. The van der Waals surface area contributed by atoms with Crippen molar-refractivity contribution in [2.45, 2.75) is 13.8 Å². The molecule has 0 aliphatic heterocycles. The molecule has 2 N–H and O–H groups in total. The number of hydrogen-bond acceptors (Lipinski definition) is 2. The molecule has 0 atom stereocenters. The van der Waals surface area contributed by atoms with Crippen molar-refractivity contribution in [3.05, 3.63) is 17.9 Å². The maximum absolute atomic E-state index is 10.0. The Balaban J connectivity index is -0.000000218. The molecule has 0 bridgehead atoms. The average Bonchev–Trinajstić information content (AvgIpc) is 2.15. The van der Waals surface area contributed by atoms with Gasteiger partial charge in [-0.2, -0.15) is 0 Å². The van der Waals surface area contributed by atoms with Crippen LogP contribution in [-0.2, 0) is 36.9 Å². The Labute approximate surface area is 153 Å². The standard InChI is InChI=1S/2C4H4Br2O2.Cd/c2*1-2(5)3(6)4(7)8;/h2*1H3,(H,7,8);/b2*3-2+;. The fraction of sp³-hybridized carbons (Fsp3) is 0.250. The number of aliphatic carboxylic acids is 2. The number of carboxylic acid groups (broad SMARTS) is 2. The van der Waals surface area contributed by atoms with Gasteiger partial charge in [-0.25, -0.2) is 9.59 Å². The number of allylic oxidation sites excluding steroid dienone is 2. The van der Waals surface area contributed by atoms with Crippen LogP contribution in [0.1, 0.15) is 13.8 Å². The molecule has 0 aliphatic rings. The molecule has 94 valence electrons. The van der Waals surface area contributed by atoms with Crippen LogP contribution >= 0.6 is 63.7 Å². The molecule has 0 aromatic rings. The molecular formula is C8H8Br4CdO4. The largest absolute Gasteiger partial charge is 0.477 e. The maximum Gasteiger partial charge on any atom is 0.343 e. The molecule has 0 radical (unpaired) electrons. The maximum atomic E-state index is 10.0. The van der Waals surface area contributed by atoms with Crippen molar-refractivity contribution in [1.82, 2.24) is 0 Å². The second-order valence-electron chi connectivity index (χ2n) is 2.31. The molecule has 0 rings (SSSR count). The minimum absolute atomic E-state index is 0. The third-order valence-corrected chi connectivity index (χ3v) is 4.71. The summed E-state index contributed by atoms with van der Waals surface area (Å²) in [6.07, 6.45) is 0. The van der Waals surface area contributed by atoms with E-state index in [1.54, 1.807) is 13.8 Å². The van der Waals surface area contributed by atoms with Crippen LogP contribution in [-0.4, -0.2) is 22.2 Å². The topological polar surface area (TPSA) is 74.6 Å². The van der Waals surface area contributed by atoms with E-state index in [0.29, 0.717) is 8.96 Å². The van der Waals surface area contributed by atoms with Crippen molar-refractivity contribution >= 4 is 75.7 Å². The predicted octanol–water partition coefficient (Wildman–Crippen LogP) is 4.18. The number of halogens is 4. The summed E-state index contributed by atoms with van der Waals surface area (Å²) in [5.74, 6) is -1.92. The molecule has 0 aromatic heterocycles. The molecule has 0 spiro atoms. The zero-order valence-corrected chi connectivity index (χ0v) is 19.3. The van der Waals surface area contributed by atoms with Crippen LogP contribution in [0.2, 0.25) is 0 Å². The van der Waals surface area contributed by atoms with Gasteiger partial charge in [0.1, 0.15) is 8.96 Å². The summed E-state index contributed by atoms with van der Waals surface area (Å²) in [6, 6.07) is 0. The third-order valence-electron chi connectivity index (χ3n) is 0.980. The van der Waals surface area contributed by atoms with Crippen LogP contribution in [0.4, 0.5) is 0 Å². The number of hydrogen-bond donors (Lipinski definition) is 2. The summed E-state index contributed by atoms with van der Waals surface area (Å²) in [7, 11) is 0. The molecule has 0 heterocycles. The van der Waals surface area contributed by atoms with Crippen molar-refractivity contribution in [3.63, 3.8) is 0 Å². The smallest absolute Gasteiger partial charge is 0.343 e. The second-order valence-corrected chi connectivity index (χ2v) is 6.27. The monoisotopic (exact) mass is 598 g/mol. The van der Waals surface area contributed by atoms with Gasteiger partial charge in [0.05, 0.1) is 0 Å². The summed E-state index contributed by atoms with van der Waals surface area (Å²) >= 11 is 11.7. The Hall–Kier alpha value is 1.26. The SMILES string of the molecule is C/C(Br)=C(\Br)C(=O)O.C/C(Br)=C(\Br)C(=O)O.[Cd]. The van der Waals surface area contributed by atoms with Crippen LogP contribution in [0, 0.1) is 0 Å². The van der Waals surface area contributed by atoms with Crippen molar-refractivity contribution in [2.75, 3.05) is 0 Å². The van der Waals surface area contributed by atoms with Gasteiger partial charge < -0.3 is 10.2 Å². The first-order chi connectivity index (χ1) is 7.11.